The minimum absolute atomic E-state index is 0.181. The van der Waals surface area contributed by atoms with E-state index in [9.17, 15) is 9.59 Å². The van der Waals surface area contributed by atoms with Gasteiger partial charge in [0.05, 0.1) is 5.52 Å². The summed E-state index contributed by atoms with van der Waals surface area (Å²) in [6.45, 7) is 1.29. The van der Waals surface area contributed by atoms with Gasteiger partial charge < -0.3 is 10.2 Å². The van der Waals surface area contributed by atoms with Gasteiger partial charge in [0.1, 0.15) is 0 Å². The highest BCUT2D eigenvalue weighted by Crippen LogP contribution is 2.29. The number of H-pyrrole nitrogens is 1. The van der Waals surface area contributed by atoms with E-state index in [1.54, 1.807) is 0 Å². The van der Waals surface area contributed by atoms with Crippen LogP contribution in [0.15, 0.2) is 24.3 Å². The van der Waals surface area contributed by atoms with Crippen LogP contribution >= 0.6 is 0 Å². The molecule has 0 unspecified atom stereocenters. The van der Waals surface area contributed by atoms with Gasteiger partial charge in [-0.25, -0.2) is 0 Å². The number of hydrogen-bond donors (Lipinski definition) is 2. The van der Waals surface area contributed by atoms with E-state index in [-0.39, 0.29) is 17.7 Å². The first-order chi connectivity index (χ1) is 11.7. The maximum atomic E-state index is 12.4. The molecule has 6 nitrogen and oxygen atoms in total. The van der Waals surface area contributed by atoms with E-state index in [2.05, 4.69) is 15.5 Å². The van der Waals surface area contributed by atoms with Crippen molar-refractivity contribution >= 4 is 22.7 Å². The highest BCUT2D eigenvalue weighted by Gasteiger charge is 2.35. The summed E-state index contributed by atoms with van der Waals surface area (Å²) in [5.74, 6) is 0.262. The average Bonchev–Trinajstić information content (AvgIpc) is 3.31. The number of benzene rings is 1. The standard InChI is InChI=1S/C18H22N4O2/c23-16-9-12(11-22(16)13-5-1-2-6-13)10-19-18(24)17-14-7-3-4-8-15(14)20-21-17/h3-4,7-8,12-13H,1-2,5-6,9-11H2,(H,19,24)(H,20,21)/t12-/m1/s1. The van der Waals surface area contributed by atoms with Crippen LogP contribution < -0.4 is 5.32 Å². The maximum Gasteiger partial charge on any atom is 0.272 e. The summed E-state index contributed by atoms with van der Waals surface area (Å²) in [5.41, 5.74) is 1.27. The quantitative estimate of drug-likeness (QED) is 0.903. The van der Waals surface area contributed by atoms with Crippen molar-refractivity contribution in [1.29, 1.82) is 0 Å². The van der Waals surface area contributed by atoms with E-state index in [1.165, 1.54) is 12.8 Å². The summed E-state index contributed by atoms with van der Waals surface area (Å²) in [4.78, 5) is 26.7. The molecule has 2 amide bonds. The van der Waals surface area contributed by atoms with Crippen LogP contribution in [-0.2, 0) is 4.79 Å². The topological polar surface area (TPSA) is 78.1 Å². The molecule has 2 fully saturated rings. The zero-order chi connectivity index (χ0) is 16.5. The van der Waals surface area contributed by atoms with Crippen molar-refractivity contribution in [3.8, 4) is 0 Å². The van der Waals surface area contributed by atoms with E-state index in [4.69, 9.17) is 0 Å². The first-order valence-corrected chi connectivity index (χ1v) is 8.73. The van der Waals surface area contributed by atoms with Gasteiger partial charge in [-0.3, -0.25) is 14.7 Å². The zero-order valence-electron chi connectivity index (χ0n) is 13.6. The van der Waals surface area contributed by atoms with Crippen molar-refractivity contribution in [2.45, 2.75) is 38.1 Å². The van der Waals surface area contributed by atoms with Crippen molar-refractivity contribution < 1.29 is 9.59 Å². The van der Waals surface area contributed by atoms with E-state index in [1.807, 2.05) is 29.2 Å². The Labute approximate surface area is 140 Å². The third-order valence-corrected chi connectivity index (χ3v) is 5.24. The van der Waals surface area contributed by atoms with Gasteiger partial charge in [-0.2, -0.15) is 5.10 Å². The molecule has 2 aliphatic rings. The predicted octanol–water partition coefficient (Wildman–Crippen LogP) is 2.08. The van der Waals surface area contributed by atoms with Crippen molar-refractivity contribution in [2.24, 2.45) is 5.92 Å². The average molecular weight is 326 g/mol. The largest absolute Gasteiger partial charge is 0.350 e. The van der Waals surface area contributed by atoms with Crippen LogP contribution in [0.2, 0.25) is 0 Å². The first kappa shape index (κ1) is 15.2. The smallest absolute Gasteiger partial charge is 0.272 e. The molecule has 1 saturated carbocycles. The van der Waals surface area contributed by atoms with Crippen molar-refractivity contribution in [1.82, 2.24) is 20.4 Å². The Balaban J connectivity index is 1.37. The van der Waals surface area contributed by atoms with E-state index >= 15 is 0 Å². The number of carbonyl (C=O) groups excluding carboxylic acids is 2. The molecule has 1 aromatic heterocycles. The number of aromatic nitrogens is 2. The van der Waals surface area contributed by atoms with Gasteiger partial charge in [-0.1, -0.05) is 31.0 Å². The molecule has 1 aliphatic heterocycles. The molecular formula is C18H22N4O2. The number of nitrogens with one attached hydrogen (secondary N) is 2. The van der Waals surface area contributed by atoms with Crippen LogP contribution in [0.4, 0.5) is 0 Å². The van der Waals surface area contributed by atoms with Crippen molar-refractivity contribution in [2.75, 3.05) is 13.1 Å². The van der Waals surface area contributed by atoms with Crippen LogP contribution in [0.25, 0.3) is 10.9 Å². The maximum absolute atomic E-state index is 12.4. The fourth-order valence-electron chi connectivity index (χ4n) is 3.97. The van der Waals surface area contributed by atoms with Gasteiger partial charge in [0.2, 0.25) is 5.91 Å². The highest BCUT2D eigenvalue weighted by molar-refractivity contribution is 6.04. The SMILES string of the molecule is O=C(NC[C@H]1CC(=O)N(C2CCCC2)C1)c1n[nH]c2ccccc12. The number of rotatable bonds is 4. The van der Waals surface area contributed by atoms with Crippen LogP contribution in [-0.4, -0.2) is 46.0 Å². The van der Waals surface area contributed by atoms with Gasteiger partial charge >= 0.3 is 0 Å². The van der Waals surface area contributed by atoms with Gasteiger partial charge in [0, 0.05) is 36.9 Å². The number of hydrogen-bond acceptors (Lipinski definition) is 3. The lowest BCUT2D eigenvalue weighted by molar-refractivity contribution is -0.129. The normalized spacial score (nSPS) is 21.8. The lowest BCUT2D eigenvalue weighted by atomic mass is 10.1. The highest BCUT2D eigenvalue weighted by atomic mass is 16.2. The first-order valence-electron chi connectivity index (χ1n) is 8.73. The van der Waals surface area contributed by atoms with Crippen LogP contribution in [0.5, 0.6) is 0 Å². The van der Waals surface area contributed by atoms with Crippen LogP contribution in [0.3, 0.4) is 0 Å². The Kier molecular flexibility index (Phi) is 3.96. The number of carbonyl (C=O) groups is 2. The number of nitrogens with zero attached hydrogens (tertiary/aromatic N) is 2. The van der Waals surface area contributed by atoms with Gasteiger partial charge in [-0.15, -0.1) is 0 Å². The van der Waals surface area contributed by atoms with Gasteiger partial charge in [-0.05, 0) is 18.9 Å². The van der Waals surface area contributed by atoms with Crippen LogP contribution in [0.1, 0.15) is 42.6 Å². The fraction of sp³-hybridized carbons (Fsp3) is 0.500. The predicted molar refractivity (Wildman–Crippen MR) is 90.5 cm³/mol. The molecule has 6 heteroatoms. The molecule has 1 atom stereocenters. The molecule has 1 aromatic carbocycles. The number of fused-ring (bicyclic) bond motifs is 1. The molecule has 126 valence electrons. The number of amides is 2. The van der Waals surface area contributed by atoms with E-state index in [0.717, 1.165) is 30.3 Å². The summed E-state index contributed by atoms with van der Waals surface area (Å²) < 4.78 is 0. The van der Waals surface area contributed by atoms with E-state index < -0.39 is 0 Å². The molecule has 1 saturated heterocycles. The van der Waals surface area contributed by atoms with Crippen molar-refractivity contribution in [3.63, 3.8) is 0 Å². The minimum atomic E-state index is -0.181. The molecule has 4 rings (SSSR count). The summed E-state index contributed by atoms with van der Waals surface area (Å²) in [6, 6.07) is 8.00. The Bertz CT molecular complexity index is 763. The second-order valence-corrected chi connectivity index (χ2v) is 6.88. The monoisotopic (exact) mass is 326 g/mol. The van der Waals surface area contributed by atoms with Gasteiger partial charge in [0.25, 0.3) is 5.91 Å². The fourth-order valence-corrected chi connectivity index (χ4v) is 3.97. The molecular weight excluding hydrogens is 304 g/mol. The Morgan fingerprint density at radius 1 is 1.29 bits per heavy atom. The lowest BCUT2D eigenvalue weighted by Gasteiger charge is -2.24. The second kappa shape index (κ2) is 6.26. The Morgan fingerprint density at radius 3 is 2.92 bits per heavy atom. The summed E-state index contributed by atoms with van der Waals surface area (Å²) in [6.07, 6.45) is 5.25. The number of likely N-dealkylation sites (tertiary alicyclic amines) is 1. The molecule has 2 N–H and O–H groups in total. The molecule has 1 aliphatic carbocycles. The summed E-state index contributed by atoms with van der Waals surface area (Å²) in [5, 5.41) is 10.8. The van der Waals surface area contributed by atoms with Gasteiger partial charge in [0.15, 0.2) is 5.69 Å². The van der Waals surface area contributed by atoms with Crippen LogP contribution in [0, 0.1) is 5.92 Å². The molecule has 0 radical (unpaired) electrons. The minimum Gasteiger partial charge on any atom is -0.350 e. The number of aromatic amines is 1. The third-order valence-electron chi connectivity index (χ3n) is 5.24. The second-order valence-electron chi connectivity index (χ2n) is 6.88. The molecule has 24 heavy (non-hydrogen) atoms. The van der Waals surface area contributed by atoms with E-state index in [0.29, 0.717) is 24.7 Å². The lowest BCUT2D eigenvalue weighted by Crippen LogP contribution is -2.36. The third kappa shape index (κ3) is 2.77. The van der Waals surface area contributed by atoms with Crippen molar-refractivity contribution in [3.05, 3.63) is 30.0 Å². The molecule has 0 bridgehead atoms. The summed E-state index contributed by atoms with van der Waals surface area (Å²) in [7, 11) is 0. The molecule has 2 aromatic rings. The zero-order valence-corrected chi connectivity index (χ0v) is 13.6. The summed E-state index contributed by atoms with van der Waals surface area (Å²) >= 11 is 0. The Hall–Kier alpha value is -2.37. The molecule has 0 spiro atoms. The molecule has 2 heterocycles. The number of para-hydroxylation sites is 1. The Morgan fingerprint density at radius 2 is 2.08 bits per heavy atom.